The molecule has 0 radical (unpaired) electrons. The largest absolute Gasteiger partial charge is 0.300 e. The highest BCUT2D eigenvalue weighted by molar-refractivity contribution is 5.78. The van der Waals surface area contributed by atoms with E-state index in [4.69, 9.17) is 0 Å². The normalized spacial score (nSPS) is 52.4. The van der Waals surface area contributed by atoms with Crippen molar-refractivity contribution < 1.29 is 4.79 Å². The summed E-state index contributed by atoms with van der Waals surface area (Å²) in [5.41, 5.74) is 0.860. The first-order valence-electron chi connectivity index (χ1n) is 6.83. The summed E-state index contributed by atoms with van der Waals surface area (Å²) in [6, 6.07) is 0. The molecule has 0 unspecified atom stereocenters. The molecule has 0 aromatic heterocycles. The Balaban J connectivity index is 2.34. The molecular weight excluding hydrogens is 196 g/mol. The number of ketones is 1. The van der Waals surface area contributed by atoms with Gasteiger partial charge in [0.05, 0.1) is 0 Å². The molecule has 92 valence electrons. The van der Waals surface area contributed by atoms with Crippen LogP contribution in [0.5, 0.6) is 0 Å². The number of carbonyl (C=O) groups excluding carboxylic acids is 1. The van der Waals surface area contributed by atoms with Crippen LogP contribution < -0.4 is 0 Å². The lowest BCUT2D eigenvalue weighted by Crippen LogP contribution is -2.49. The molecule has 0 aliphatic heterocycles. The fourth-order valence-electron chi connectivity index (χ4n) is 4.67. The maximum absolute atomic E-state index is 11.7. The second kappa shape index (κ2) is 3.58. The standard InChI is InChI=1S/C15H26O/c1-10-6-8-15(5)11(2)13(12(3)16)7-9-14(10,15)4/h10-11,13H,6-9H2,1-5H3/t10-,11-,13+,14+,15+/m0/s1. The fourth-order valence-corrected chi connectivity index (χ4v) is 4.67. The number of hydrogen-bond acceptors (Lipinski definition) is 1. The average molecular weight is 222 g/mol. The summed E-state index contributed by atoms with van der Waals surface area (Å²) in [4.78, 5) is 11.7. The van der Waals surface area contributed by atoms with Crippen molar-refractivity contribution in [3.63, 3.8) is 0 Å². The minimum atomic E-state index is 0.323. The van der Waals surface area contributed by atoms with Gasteiger partial charge >= 0.3 is 0 Å². The van der Waals surface area contributed by atoms with E-state index in [0.29, 0.717) is 28.4 Å². The fraction of sp³-hybridized carbons (Fsp3) is 0.933. The van der Waals surface area contributed by atoms with Gasteiger partial charge in [-0.25, -0.2) is 0 Å². The summed E-state index contributed by atoms with van der Waals surface area (Å²) in [7, 11) is 0. The third-order valence-corrected chi connectivity index (χ3v) is 6.59. The van der Waals surface area contributed by atoms with Crippen molar-refractivity contribution in [3.8, 4) is 0 Å². The van der Waals surface area contributed by atoms with E-state index < -0.39 is 0 Å². The zero-order valence-electron chi connectivity index (χ0n) is 11.5. The van der Waals surface area contributed by atoms with E-state index in [-0.39, 0.29) is 0 Å². The number of rotatable bonds is 1. The second-order valence-corrected chi connectivity index (χ2v) is 6.82. The molecule has 16 heavy (non-hydrogen) atoms. The maximum atomic E-state index is 11.7. The van der Waals surface area contributed by atoms with Crippen LogP contribution in [0.3, 0.4) is 0 Å². The van der Waals surface area contributed by atoms with Crippen LogP contribution in [-0.4, -0.2) is 5.78 Å². The summed E-state index contributed by atoms with van der Waals surface area (Å²) in [5, 5.41) is 0. The summed E-state index contributed by atoms with van der Waals surface area (Å²) < 4.78 is 0. The molecule has 2 saturated carbocycles. The van der Waals surface area contributed by atoms with E-state index in [1.165, 1.54) is 19.3 Å². The number of carbonyl (C=O) groups is 1. The van der Waals surface area contributed by atoms with Gasteiger partial charge in [0.25, 0.3) is 0 Å². The Kier molecular flexibility index (Phi) is 2.72. The van der Waals surface area contributed by atoms with Gasteiger partial charge in [-0.3, -0.25) is 4.79 Å². The second-order valence-electron chi connectivity index (χ2n) is 6.82. The van der Waals surface area contributed by atoms with Crippen LogP contribution in [0.2, 0.25) is 0 Å². The lowest BCUT2D eigenvalue weighted by atomic mass is 9.50. The first-order chi connectivity index (χ1) is 7.33. The lowest BCUT2D eigenvalue weighted by Gasteiger charge is -2.54. The van der Waals surface area contributed by atoms with Gasteiger partial charge in [0.1, 0.15) is 5.78 Å². The van der Waals surface area contributed by atoms with Gasteiger partial charge in [-0.15, -0.1) is 0 Å². The Bertz CT molecular complexity index is 309. The highest BCUT2D eigenvalue weighted by atomic mass is 16.1. The van der Waals surface area contributed by atoms with E-state index in [9.17, 15) is 4.79 Å². The molecule has 1 heteroatoms. The van der Waals surface area contributed by atoms with Gasteiger partial charge < -0.3 is 0 Å². The van der Waals surface area contributed by atoms with E-state index >= 15 is 0 Å². The van der Waals surface area contributed by atoms with Crippen molar-refractivity contribution in [1.82, 2.24) is 0 Å². The molecule has 5 atom stereocenters. The minimum absolute atomic E-state index is 0.323. The zero-order chi connectivity index (χ0) is 12.1. The smallest absolute Gasteiger partial charge is 0.133 e. The topological polar surface area (TPSA) is 17.1 Å². The third kappa shape index (κ3) is 1.33. The highest BCUT2D eigenvalue weighted by Gasteiger charge is 2.59. The number of hydrogen-bond donors (Lipinski definition) is 0. The van der Waals surface area contributed by atoms with Crippen molar-refractivity contribution in [2.45, 2.75) is 60.3 Å². The molecular formula is C15H26O. The Hall–Kier alpha value is -0.330. The maximum Gasteiger partial charge on any atom is 0.133 e. The molecule has 0 spiro atoms. The molecule has 1 nitrogen and oxygen atoms in total. The molecule has 2 fully saturated rings. The molecule has 0 amide bonds. The summed E-state index contributed by atoms with van der Waals surface area (Å²) >= 11 is 0. The predicted octanol–water partition coefficient (Wildman–Crippen LogP) is 4.06. The van der Waals surface area contributed by atoms with Crippen LogP contribution in [0.4, 0.5) is 0 Å². The molecule has 0 N–H and O–H groups in total. The molecule has 0 saturated heterocycles. The van der Waals surface area contributed by atoms with Crippen molar-refractivity contribution in [1.29, 1.82) is 0 Å². The first-order valence-corrected chi connectivity index (χ1v) is 6.83. The third-order valence-electron chi connectivity index (χ3n) is 6.59. The van der Waals surface area contributed by atoms with Gasteiger partial charge in [-0.2, -0.15) is 0 Å². The monoisotopic (exact) mass is 222 g/mol. The van der Waals surface area contributed by atoms with E-state index in [0.717, 1.165) is 12.3 Å². The van der Waals surface area contributed by atoms with Crippen LogP contribution in [0.15, 0.2) is 0 Å². The Morgan fingerprint density at radius 1 is 1.06 bits per heavy atom. The van der Waals surface area contributed by atoms with Crippen LogP contribution in [0.25, 0.3) is 0 Å². The highest BCUT2D eigenvalue weighted by Crippen LogP contribution is 2.66. The first kappa shape index (κ1) is 12.1. The zero-order valence-corrected chi connectivity index (χ0v) is 11.5. The van der Waals surface area contributed by atoms with E-state index in [1.54, 1.807) is 6.92 Å². The minimum Gasteiger partial charge on any atom is -0.300 e. The predicted molar refractivity (Wildman–Crippen MR) is 67.2 cm³/mol. The molecule has 2 rings (SSSR count). The SMILES string of the molecule is CC(=O)[C@@H]1CC[C@]2(C)[C@@H](C)CC[C@]2(C)[C@H]1C. The van der Waals surface area contributed by atoms with Gasteiger partial charge in [0, 0.05) is 5.92 Å². The van der Waals surface area contributed by atoms with Crippen molar-refractivity contribution in [2.75, 3.05) is 0 Å². The molecule has 2 aliphatic carbocycles. The molecule has 0 bridgehead atoms. The summed E-state index contributed by atoms with van der Waals surface area (Å²) in [6.45, 7) is 11.4. The van der Waals surface area contributed by atoms with Crippen molar-refractivity contribution in [3.05, 3.63) is 0 Å². The lowest BCUT2D eigenvalue weighted by molar-refractivity contribution is -0.131. The average Bonchev–Trinajstić information content (AvgIpc) is 2.44. The Morgan fingerprint density at radius 3 is 2.19 bits per heavy atom. The van der Waals surface area contributed by atoms with Crippen LogP contribution in [-0.2, 0) is 4.79 Å². The quantitative estimate of drug-likeness (QED) is 0.654. The van der Waals surface area contributed by atoms with Crippen LogP contribution in [0.1, 0.15) is 60.3 Å². The number of Topliss-reactive ketones (excluding diaryl/α,β-unsaturated/α-hetero) is 1. The summed E-state index contributed by atoms with van der Waals surface area (Å²) in [5.74, 6) is 2.13. The van der Waals surface area contributed by atoms with Crippen LogP contribution >= 0.6 is 0 Å². The molecule has 0 aromatic carbocycles. The van der Waals surface area contributed by atoms with Crippen molar-refractivity contribution in [2.24, 2.45) is 28.6 Å². The van der Waals surface area contributed by atoms with E-state index in [2.05, 4.69) is 27.7 Å². The molecule has 0 heterocycles. The molecule has 2 aliphatic rings. The number of fused-ring (bicyclic) bond motifs is 1. The van der Waals surface area contributed by atoms with Crippen molar-refractivity contribution >= 4 is 5.78 Å². The molecule has 0 aromatic rings. The van der Waals surface area contributed by atoms with Gasteiger partial charge in [0.2, 0.25) is 0 Å². The van der Waals surface area contributed by atoms with Crippen LogP contribution in [0, 0.1) is 28.6 Å². The van der Waals surface area contributed by atoms with Gasteiger partial charge in [-0.1, -0.05) is 27.7 Å². The summed E-state index contributed by atoms with van der Waals surface area (Å²) in [6.07, 6.45) is 5.03. The Morgan fingerprint density at radius 2 is 1.62 bits per heavy atom. The van der Waals surface area contributed by atoms with E-state index in [1.807, 2.05) is 0 Å². The van der Waals surface area contributed by atoms with Gasteiger partial charge in [0.15, 0.2) is 0 Å². The Labute approximate surface area is 100.0 Å². The van der Waals surface area contributed by atoms with Gasteiger partial charge in [-0.05, 0) is 55.3 Å².